The number of aliphatic hydroxyl groups is 1. The molecule has 3 atom stereocenters. The highest BCUT2D eigenvalue weighted by molar-refractivity contribution is 5.80. The zero-order valence-electron chi connectivity index (χ0n) is 10.5. The lowest BCUT2D eigenvalue weighted by atomic mass is 9.66. The van der Waals surface area contributed by atoms with Crippen LogP contribution in [0.3, 0.4) is 0 Å². The fraction of sp³-hybridized carbons (Fsp3) is 0.533. The fourth-order valence-electron chi connectivity index (χ4n) is 3.22. The summed E-state index contributed by atoms with van der Waals surface area (Å²) in [7, 11) is 0. The van der Waals surface area contributed by atoms with E-state index in [0.717, 1.165) is 19.3 Å². The highest BCUT2D eigenvalue weighted by Gasteiger charge is 2.43. The Kier molecular flexibility index (Phi) is 3.34. The predicted molar refractivity (Wildman–Crippen MR) is 67.8 cm³/mol. The van der Waals surface area contributed by atoms with Crippen LogP contribution < -0.4 is 0 Å². The molecule has 1 aliphatic carbocycles. The Bertz CT molecular complexity index is 395. The zero-order valence-corrected chi connectivity index (χ0v) is 10.5. The number of hydrogen-bond acceptors (Lipinski definition) is 2. The number of carbonyl (C=O) groups excluding carboxylic acids is 1. The van der Waals surface area contributed by atoms with Crippen molar-refractivity contribution in [2.45, 2.75) is 44.6 Å². The van der Waals surface area contributed by atoms with E-state index in [2.05, 4.69) is 12.1 Å². The molecule has 92 valence electrons. The normalized spacial score (nSPS) is 33.4. The van der Waals surface area contributed by atoms with Crippen LogP contribution in [0.25, 0.3) is 0 Å². The molecule has 0 aromatic heterocycles. The lowest BCUT2D eigenvalue weighted by Gasteiger charge is -2.41. The second-order valence-electron chi connectivity index (χ2n) is 5.35. The van der Waals surface area contributed by atoms with Gasteiger partial charge in [0.1, 0.15) is 5.78 Å². The lowest BCUT2D eigenvalue weighted by Crippen LogP contribution is -2.45. The topological polar surface area (TPSA) is 37.3 Å². The first-order chi connectivity index (χ1) is 8.02. The summed E-state index contributed by atoms with van der Waals surface area (Å²) >= 11 is 0. The number of hydrogen-bond donors (Lipinski definition) is 1. The van der Waals surface area contributed by atoms with Gasteiger partial charge in [0.2, 0.25) is 0 Å². The molecule has 0 heterocycles. The standard InChI is InChI=1S/C15H20O2/c1-11(16)14-13(9-6-10-15(14,2)17)12-7-4-3-5-8-12/h3-5,7-8,13-14,17H,6,9-10H2,1-2H3/t13-,14-,15+/m0/s1. The second-order valence-corrected chi connectivity index (χ2v) is 5.35. The molecule has 1 aromatic rings. The molecule has 1 N–H and O–H groups in total. The number of benzene rings is 1. The Hall–Kier alpha value is -1.15. The molecule has 0 spiro atoms. The Labute approximate surface area is 103 Å². The molecule has 2 rings (SSSR count). The van der Waals surface area contributed by atoms with Crippen molar-refractivity contribution in [3.63, 3.8) is 0 Å². The molecule has 1 fully saturated rings. The SMILES string of the molecule is CC(=O)[C@H]1[C@H](c2ccccc2)CCC[C@@]1(C)O. The summed E-state index contributed by atoms with van der Waals surface area (Å²) in [5, 5.41) is 10.4. The van der Waals surface area contributed by atoms with Crippen LogP contribution in [-0.2, 0) is 4.79 Å². The summed E-state index contributed by atoms with van der Waals surface area (Å²) < 4.78 is 0. The van der Waals surface area contributed by atoms with Crippen molar-refractivity contribution in [1.82, 2.24) is 0 Å². The summed E-state index contributed by atoms with van der Waals surface area (Å²) in [4.78, 5) is 11.8. The van der Waals surface area contributed by atoms with Crippen molar-refractivity contribution in [2.75, 3.05) is 0 Å². The van der Waals surface area contributed by atoms with E-state index in [4.69, 9.17) is 0 Å². The molecule has 0 amide bonds. The van der Waals surface area contributed by atoms with Crippen LogP contribution in [0.2, 0.25) is 0 Å². The van der Waals surface area contributed by atoms with Crippen LogP contribution in [0.4, 0.5) is 0 Å². The van der Waals surface area contributed by atoms with E-state index in [1.54, 1.807) is 13.8 Å². The molecule has 0 unspecified atom stereocenters. The molecule has 17 heavy (non-hydrogen) atoms. The van der Waals surface area contributed by atoms with E-state index in [-0.39, 0.29) is 17.6 Å². The molecule has 1 aliphatic rings. The molecule has 0 saturated heterocycles. The van der Waals surface area contributed by atoms with Gasteiger partial charge < -0.3 is 5.11 Å². The molecule has 0 bridgehead atoms. The van der Waals surface area contributed by atoms with Gasteiger partial charge in [-0.2, -0.15) is 0 Å². The first-order valence-corrected chi connectivity index (χ1v) is 6.30. The van der Waals surface area contributed by atoms with Crippen LogP contribution in [-0.4, -0.2) is 16.5 Å². The maximum absolute atomic E-state index is 11.8. The van der Waals surface area contributed by atoms with Gasteiger partial charge >= 0.3 is 0 Å². The largest absolute Gasteiger partial charge is 0.389 e. The Morgan fingerprint density at radius 1 is 1.35 bits per heavy atom. The summed E-state index contributed by atoms with van der Waals surface area (Å²) in [6, 6.07) is 10.1. The van der Waals surface area contributed by atoms with E-state index in [1.807, 2.05) is 18.2 Å². The molecule has 1 aromatic carbocycles. The fourth-order valence-corrected chi connectivity index (χ4v) is 3.22. The highest BCUT2D eigenvalue weighted by atomic mass is 16.3. The van der Waals surface area contributed by atoms with Gasteiger partial charge in [0, 0.05) is 0 Å². The molecule has 0 aliphatic heterocycles. The van der Waals surface area contributed by atoms with Crippen molar-refractivity contribution < 1.29 is 9.90 Å². The first kappa shape index (κ1) is 12.3. The highest BCUT2D eigenvalue weighted by Crippen LogP contribution is 2.43. The molecule has 2 nitrogen and oxygen atoms in total. The number of carbonyl (C=O) groups is 1. The minimum Gasteiger partial charge on any atom is -0.389 e. The lowest BCUT2D eigenvalue weighted by molar-refractivity contribution is -0.134. The van der Waals surface area contributed by atoms with Gasteiger partial charge in [0.15, 0.2) is 0 Å². The van der Waals surface area contributed by atoms with Crippen molar-refractivity contribution >= 4 is 5.78 Å². The molecular formula is C15H20O2. The summed E-state index contributed by atoms with van der Waals surface area (Å²) in [5.74, 6) is -0.000321. The predicted octanol–water partition coefficient (Wildman–Crippen LogP) is 2.91. The third-order valence-corrected chi connectivity index (χ3v) is 3.94. The quantitative estimate of drug-likeness (QED) is 0.851. The minimum absolute atomic E-state index is 0.101. The van der Waals surface area contributed by atoms with Gasteiger partial charge in [-0.15, -0.1) is 0 Å². The average molecular weight is 232 g/mol. The summed E-state index contributed by atoms with van der Waals surface area (Å²) in [6.45, 7) is 3.40. The molecule has 1 saturated carbocycles. The van der Waals surface area contributed by atoms with Crippen molar-refractivity contribution in [1.29, 1.82) is 0 Å². The van der Waals surface area contributed by atoms with Crippen LogP contribution in [0.5, 0.6) is 0 Å². The summed E-state index contributed by atoms with van der Waals surface area (Å²) in [5.41, 5.74) is 0.317. The van der Waals surface area contributed by atoms with Crippen LogP contribution >= 0.6 is 0 Å². The Balaban J connectivity index is 2.35. The van der Waals surface area contributed by atoms with E-state index in [1.165, 1.54) is 5.56 Å². The summed E-state index contributed by atoms with van der Waals surface area (Å²) in [6.07, 6.45) is 2.70. The van der Waals surface area contributed by atoms with E-state index in [0.29, 0.717) is 0 Å². The van der Waals surface area contributed by atoms with Gasteiger partial charge in [-0.25, -0.2) is 0 Å². The zero-order chi connectivity index (χ0) is 12.5. The molecular weight excluding hydrogens is 212 g/mol. The Morgan fingerprint density at radius 3 is 2.59 bits per heavy atom. The van der Waals surface area contributed by atoms with Crippen molar-refractivity contribution in [3.8, 4) is 0 Å². The maximum Gasteiger partial charge on any atom is 0.136 e. The van der Waals surface area contributed by atoms with Crippen molar-refractivity contribution in [2.24, 2.45) is 5.92 Å². The van der Waals surface area contributed by atoms with Gasteiger partial charge in [0.25, 0.3) is 0 Å². The minimum atomic E-state index is -0.857. The number of rotatable bonds is 2. The number of ketones is 1. The van der Waals surface area contributed by atoms with E-state index in [9.17, 15) is 9.90 Å². The number of Topliss-reactive ketones (excluding diaryl/α,β-unsaturated/α-hetero) is 1. The van der Waals surface area contributed by atoms with Gasteiger partial charge in [-0.1, -0.05) is 30.3 Å². The molecule has 0 radical (unpaired) electrons. The third-order valence-electron chi connectivity index (χ3n) is 3.94. The monoisotopic (exact) mass is 232 g/mol. The third kappa shape index (κ3) is 2.42. The van der Waals surface area contributed by atoms with Gasteiger partial charge in [0.05, 0.1) is 11.5 Å². The van der Waals surface area contributed by atoms with E-state index < -0.39 is 5.60 Å². The smallest absolute Gasteiger partial charge is 0.136 e. The van der Waals surface area contributed by atoms with Crippen LogP contribution in [0.15, 0.2) is 30.3 Å². The van der Waals surface area contributed by atoms with Crippen LogP contribution in [0, 0.1) is 5.92 Å². The Morgan fingerprint density at radius 2 is 2.00 bits per heavy atom. The molecule has 2 heteroatoms. The van der Waals surface area contributed by atoms with E-state index >= 15 is 0 Å². The average Bonchev–Trinajstić information content (AvgIpc) is 2.28. The maximum atomic E-state index is 11.8. The van der Waals surface area contributed by atoms with Crippen molar-refractivity contribution in [3.05, 3.63) is 35.9 Å². The van der Waals surface area contributed by atoms with Crippen LogP contribution in [0.1, 0.15) is 44.6 Å². The first-order valence-electron chi connectivity index (χ1n) is 6.30. The van der Waals surface area contributed by atoms with Gasteiger partial charge in [-0.05, 0) is 44.6 Å². The second kappa shape index (κ2) is 4.61. The van der Waals surface area contributed by atoms with Gasteiger partial charge in [-0.3, -0.25) is 4.79 Å².